The maximum Gasteiger partial charge on any atom is 0.339 e. The molecule has 114 valence electrons. The number of aliphatic hydroxyl groups is 1. The summed E-state index contributed by atoms with van der Waals surface area (Å²) in [6, 6.07) is 7.08. The highest BCUT2D eigenvalue weighted by molar-refractivity contribution is 6.03. The third kappa shape index (κ3) is 3.62. The van der Waals surface area contributed by atoms with Gasteiger partial charge in [-0.25, -0.2) is 4.79 Å². The topological polar surface area (TPSA) is 82.7 Å². The first-order chi connectivity index (χ1) is 9.94. The zero-order valence-corrected chi connectivity index (χ0v) is 12.3. The van der Waals surface area contributed by atoms with Gasteiger partial charge < -0.3 is 19.9 Å². The van der Waals surface area contributed by atoms with Gasteiger partial charge in [0.15, 0.2) is 0 Å². The van der Waals surface area contributed by atoms with Gasteiger partial charge in [-0.2, -0.15) is 0 Å². The standard InChI is InChI=1S/C16H21NO4/c1-3-8-16(2,20)10-17-9-13-14(15(18)19)11-6-4-5-7-12(11)21-13/h4-7,17,20H,3,8-10H2,1-2H3,(H,18,19). The van der Waals surface area contributed by atoms with Gasteiger partial charge in [-0.3, -0.25) is 0 Å². The molecule has 0 saturated carbocycles. The minimum atomic E-state index is -1.00. The average Bonchev–Trinajstić information content (AvgIpc) is 2.76. The number of carbonyl (C=O) groups is 1. The van der Waals surface area contributed by atoms with Gasteiger partial charge >= 0.3 is 5.97 Å². The first-order valence-electron chi connectivity index (χ1n) is 7.11. The highest BCUT2D eigenvalue weighted by Crippen LogP contribution is 2.26. The van der Waals surface area contributed by atoms with Gasteiger partial charge in [0.2, 0.25) is 0 Å². The normalized spacial score (nSPS) is 14.2. The van der Waals surface area contributed by atoms with Crippen LogP contribution < -0.4 is 5.32 Å². The van der Waals surface area contributed by atoms with E-state index in [0.717, 1.165) is 6.42 Å². The van der Waals surface area contributed by atoms with Gasteiger partial charge in [-0.1, -0.05) is 31.5 Å². The molecular formula is C16H21NO4. The summed E-state index contributed by atoms with van der Waals surface area (Å²) in [6.45, 7) is 4.43. The fourth-order valence-corrected chi connectivity index (χ4v) is 2.53. The predicted molar refractivity (Wildman–Crippen MR) is 80.4 cm³/mol. The van der Waals surface area contributed by atoms with Gasteiger partial charge in [-0.15, -0.1) is 0 Å². The van der Waals surface area contributed by atoms with Gasteiger partial charge in [0.05, 0.1) is 12.1 Å². The number of hydrogen-bond acceptors (Lipinski definition) is 4. The van der Waals surface area contributed by atoms with E-state index in [1.807, 2.05) is 6.92 Å². The zero-order valence-electron chi connectivity index (χ0n) is 12.3. The summed E-state index contributed by atoms with van der Waals surface area (Å²) < 4.78 is 5.61. The second-order valence-electron chi connectivity index (χ2n) is 5.55. The molecule has 1 heterocycles. The van der Waals surface area contributed by atoms with Gasteiger partial charge in [-0.05, 0) is 19.4 Å². The largest absolute Gasteiger partial charge is 0.478 e. The lowest BCUT2D eigenvalue weighted by Gasteiger charge is -2.22. The Morgan fingerprint density at radius 3 is 2.76 bits per heavy atom. The average molecular weight is 291 g/mol. The summed E-state index contributed by atoms with van der Waals surface area (Å²) in [5.41, 5.74) is -0.0512. The van der Waals surface area contributed by atoms with Crippen LogP contribution in [0.3, 0.4) is 0 Å². The summed E-state index contributed by atoms with van der Waals surface area (Å²) in [5.74, 6) is -0.618. The number of nitrogens with one attached hydrogen (secondary N) is 1. The molecule has 0 spiro atoms. The molecule has 0 aliphatic rings. The molecule has 0 amide bonds. The molecule has 21 heavy (non-hydrogen) atoms. The summed E-state index contributed by atoms with van der Waals surface area (Å²) in [7, 11) is 0. The Hall–Kier alpha value is -1.85. The van der Waals surface area contributed by atoms with Crippen LogP contribution in [0.4, 0.5) is 0 Å². The van der Waals surface area contributed by atoms with E-state index in [4.69, 9.17) is 4.42 Å². The van der Waals surface area contributed by atoms with Crippen LogP contribution >= 0.6 is 0 Å². The number of hydrogen-bond donors (Lipinski definition) is 3. The molecular weight excluding hydrogens is 270 g/mol. The number of carboxylic acid groups (broad SMARTS) is 1. The van der Waals surface area contributed by atoms with Crippen LogP contribution in [0.5, 0.6) is 0 Å². The van der Waals surface area contributed by atoms with Crippen LogP contribution in [0, 0.1) is 0 Å². The van der Waals surface area contributed by atoms with Crippen molar-refractivity contribution in [2.45, 2.75) is 38.8 Å². The minimum Gasteiger partial charge on any atom is -0.478 e. The van der Waals surface area contributed by atoms with E-state index < -0.39 is 11.6 Å². The Kier molecular flexibility index (Phi) is 4.65. The molecule has 0 bridgehead atoms. The van der Waals surface area contributed by atoms with Crippen molar-refractivity contribution in [1.82, 2.24) is 5.32 Å². The van der Waals surface area contributed by atoms with Crippen LogP contribution in [-0.4, -0.2) is 28.3 Å². The minimum absolute atomic E-state index is 0.188. The summed E-state index contributed by atoms with van der Waals surface area (Å²) in [4.78, 5) is 11.4. The van der Waals surface area contributed by atoms with Crippen molar-refractivity contribution >= 4 is 16.9 Å². The number of rotatable bonds is 7. The van der Waals surface area contributed by atoms with E-state index in [0.29, 0.717) is 29.7 Å². The Balaban J connectivity index is 2.15. The Bertz CT molecular complexity index is 630. The predicted octanol–water partition coefficient (Wildman–Crippen LogP) is 2.77. The number of fused-ring (bicyclic) bond motifs is 1. The van der Waals surface area contributed by atoms with Crippen molar-refractivity contribution in [3.63, 3.8) is 0 Å². The Morgan fingerprint density at radius 1 is 1.38 bits per heavy atom. The fraction of sp³-hybridized carbons (Fsp3) is 0.438. The Morgan fingerprint density at radius 2 is 2.10 bits per heavy atom. The lowest BCUT2D eigenvalue weighted by atomic mass is 10.0. The van der Waals surface area contributed by atoms with Crippen molar-refractivity contribution in [3.05, 3.63) is 35.6 Å². The smallest absolute Gasteiger partial charge is 0.339 e. The third-order valence-corrected chi connectivity index (χ3v) is 3.46. The summed E-state index contributed by atoms with van der Waals surface area (Å²) in [6.07, 6.45) is 1.58. The van der Waals surface area contributed by atoms with Crippen molar-refractivity contribution < 1.29 is 19.4 Å². The van der Waals surface area contributed by atoms with E-state index in [1.54, 1.807) is 31.2 Å². The van der Waals surface area contributed by atoms with Crippen molar-refractivity contribution in [1.29, 1.82) is 0 Å². The number of furan rings is 1. The molecule has 5 heteroatoms. The number of benzene rings is 1. The van der Waals surface area contributed by atoms with E-state index in [1.165, 1.54) is 0 Å². The molecule has 0 aliphatic carbocycles. The van der Waals surface area contributed by atoms with E-state index >= 15 is 0 Å². The van der Waals surface area contributed by atoms with Crippen molar-refractivity contribution in [3.8, 4) is 0 Å². The summed E-state index contributed by atoms with van der Waals surface area (Å²) in [5, 5.41) is 23.1. The molecule has 2 rings (SSSR count). The highest BCUT2D eigenvalue weighted by atomic mass is 16.4. The lowest BCUT2D eigenvalue weighted by molar-refractivity contribution is 0.0494. The number of aromatic carboxylic acids is 1. The van der Waals surface area contributed by atoms with E-state index in [9.17, 15) is 15.0 Å². The molecule has 1 atom stereocenters. The quantitative estimate of drug-likeness (QED) is 0.730. The van der Waals surface area contributed by atoms with Crippen LogP contribution in [0.25, 0.3) is 11.0 Å². The molecule has 0 radical (unpaired) electrons. The van der Waals surface area contributed by atoms with Crippen LogP contribution in [0.1, 0.15) is 42.8 Å². The molecule has 0 fully saturated rings. The summed E-state index contributed by atoms with van der Waals surface area (Å²) >= 11 is 0. The molecule has 1 aromatic heterocycles. The Labute approximate surface area is 123 Å². The monoisotopic (exact) mass is 291 g/mol. The third-order valence-electron chi connectivity index (χ3n) is 3.46. The molecule has 0 aliphatic heterocycles. The molecule has 1 unspecified atom stereocenters. The van der Waals surface area contributed by atoms with E-state index in [-0.39, 0.29) is 12.1 Å². The second-order valence-corrected chi connectivity index (χ2v) is 5.55. The fourth-order valence-electron chi connectivity index (χ4n) is 2.53. The van der Waals surface area contributed by atoms with Gasteiger partial charge in [0, 0.05) is 11.9 Å². The molecule has 1 aromatic carbocycles. The maximum absolute atomic E-state index is 11.4. The van der Waals surface area contributed by atoms with Crippen molar-refractivity contribution in [2.75, 3.05) is 6.54 Å². The first-order valence-corrected chi connectivity index (χ1v) is 7.11. The molecule has 2 aromatic rings. The van der Waals surface area contributed by atoms with Crippen molar-refractivity contribution in [2.24, 2.45) is 0 Å². The second kappa shape index (κ2) is 6.28. The van der Waals surface area contributed by atoms with E-state index in [2.05, 4.69) is 5.32 Å². The lowest BCUT2D eigenvalue weighted by Crippen LogP contribution is -2.37. The number of carboxylic acids is 1. The van der Waals surface area contributed by atoms with Crippen LogP contribution in [0.15, 0.2) is 28.7 Å². The highest BCUT2D eigenvalue weighted by Gasteiger charge is 2.22. The van der Waals surface area contributed by atoms with Gasteiger partial charge in [0.1, 0.15) is 16.9 Å². The molecule has 0 saturated heterocycles. The van der Waals surface area contributed by atoms with Gasteiger partial charge in [0.25, 0.3) is 0 Å². The SMILES string of the molecule is CCCC(C)(O)CNCc1oc2ccccc2c1C(=O)O. The van der Waals surface area contributed by atoms with Crippen LogP contribution in [-0.2, 0) is 6.54 Å². The maximum atomic E-state index is 11.4. The van der Waals surface area contributed by atoms with Crippen LogP contribution in [0.2, 0.25) is 0 Å². The first kappa shape index (κ1) is 15.5. The molecule has 5 nitrogen and oxygen atoms in total. The molecule has 3 N–H and O–H groups in total. The number of para-hydroxylation sites is 1. The zero-order chi connectivity index (χ0) is 15.5.